The zero-order chi connectivity index (χ0) is 13.2. The van der Waals surface area contributed by atoms with E-state index in [4.69, 9.17) is 0 Å². The molecule has 94 valence electrons. The van der Waals surface area contributed by atoms with Crippen LogP contribution in [0, 0.1) is 0 Å². The van der Waals surface area contributed by atoms with Crippen molar-refractivity contribution in [3.63, 3.8) is 0 Å². The van der Waals surface area contributed by atoms with E-state index in [1.807, 2.05) is 54.6 Å². The molecular weight excluding hydrogens is 236 g/mol. The van der Waals surface area contributed by atoms with Crippen LogP contribution < -0.4 is 0 Å². The lowest BCUT2D eigenvalue weighted by Crippen LogP contribution is -2.33. The van der Waals surface area contributed by atoms with Gasteiger partial charge < -0.3 is 0 Å². The summed E-state index contributed by atoms with van der Waals surface area (Å²) in [5.74, 6) is 0.767. The highest BCUT2D eigenvalue weighted by molar-refractivity contribution is 6.10. The van der Waals surface area contributed by atoms with Crippen molar-refractivity contribution in [3.05, 3.63) is 65.7 Å². The van der Waals surface area contributed by atoms with Crippen molar-refractivity contribution in [1.29, 1.82) is 0 Å². The summed E-state index contributed by atoms with van der Waals surface area (Å²) < 4.78 is 0. The number of benzene rings is 2. The first-order valence-corrected chi connectivity index (χ1v) is 6.24. The highest BCUT2D eigenvalue weighted by atomic mass is 16.2. The van der Waals surface area contributed by atoms with E-state index in [1.165, 1.54) is 0 Å². The molecule has 0 saturated heterocycles. The Morgan fingerprint density at radius 3 is 2.47 bits per heavy atom. The van der Waals surface area contributed by atoms with Crippen LogP contribution in [-0.2, 0) is 11.2 Å². The topological polar surface area (TPSA) is 32.7 Å². The van der Waals surface area contributed by atoms with Crippen molar-refractivity contribution in [2.45, 2.75) is 6.42 Å². The zero-order valence-electron chi connectivity index (χ0n) is 10.7. The van der Waals surface area contributed by atoms with Crippen LogP contribution in [0.2, 0.25) is 0 Å². The predicted octanol–water partition coefficient (Wildman–Crippen LogP) is 2.78. The Kier molecular flexibility index (Phi) is 2.88. The normalized spacial score (nSPS) is 14.7. The first-order chi connectivity index (χ1) is 9.25. The van der Waals surface area contributed by atoms with E-state index < -0.39 is 0 Å². The van der Waals surface area contributed by atoms with Crippen LogP contribution in [0.15, 0.2) is 59.6 Å². The number of hydrogen-bond acceptors (Lipinski definition) is 2. The van der Waals surface area contributed by atoms with Crippen LogP contribution in [0.5, 0.6) is 0 Å². The third kappa shape index (κ3) is 2.15. The van der Waals surface area contributed by atoms with Gasteiger partial charge in [-0.05, 0) is 11.6 Å². The van der Waals surface area contributed by atoms with E-state index in [0.717, 1.165) is 16.8 Å². The molecule has 0 unspecified atom stereocenters. The largest absolute Gasteiger partial charge is 0.299 e. The number of carbonyl (C=O) groups is 1. The minimum atomic E-state index is 0.0625. The van der Waals surface area contributed by atoms with Gasteiger partial charge in [-0.1, -0.05) is 48.5 Å². The number of fused-ring (bicyclic) bond motifs is 1. The van der Waals surface area contributed by atoms with E-state index in [1.54, 1.807) is 11.9 Å². The fraction of sp³-hybridized carbons (Fsp3) is 0.125. The van der Waals surface area contributed by atoms with Gasteiger partial charge in [0.25, 0.3) is 0 Å². The second-order valence-electron chi connectivity index (χ2n) is 4.56. The Labute approximate surface area is 112 Å². The number of hydrogen-bond donors (Lipinski definition) is 0. The zero-order valence-corrected chi connectivity index (χ0v) is 10.7. The summed E-state index contributed by atoms with van der Waals surface area (Å²) in [6, 6.07) is 17.6. The summed E-state index contributed by atoms with van der Waals surface area (Å²) in [7, 11) is 1.78. The van der Waals surface area contributed by atoms with Crippen LogP contribution in [-0.4, -0.2) is 23.7 Å². The fourth-order valence-electron chi connectivity index (χ4n) is 2.20. The smallest absolute Gasteiger partial charge is 0.232 e. The summed E-state index contributed by atoms with van der Waals surface area (Å²) >= 11 is 0. The number of para-hydroxylation sites is 1. The minimum absolute atomic E-state index is 0.0625. The van der Waals surface area contributed by atoms with Crippen molar-refractivity contribution in [3.8, 4) is 0 Å². The molecule has 1 aliphatic rings. The summed E-state index contributed by atoms with van der Waals surface area (Å²) in [5, 5.41) is 0. The van der Waals surface area contributed by atoms with Gasteiger partial charge in [0.1, 0.15) is 5.84 Å². The van der Waals surface area contributed by atoms with Gasteiger partial charge >= 0.3 is 0 Å². The molecule has 2 aromatic carbocycles. The second-order valence-corrected chi connectivity index (χ2v) is 4.56. The Morgan fingerprint density at radius 2 is 1.68 bits per heavy atom. The third-order valence-corrected chi connectivity index (χ3v) is 3.28. The van der Waals surface area contributed by atoms with Gasteiger partial charge in [0.2, 0.25) is 5.91 Å². The summed E-state index contributed by atoms with van der Waals surface area (Å²) in [6.45, 7) is 0. The highest BCUT2D eigenvalue weighted by Crippen LogP contribution is 2.24. The number of amidine groups is 1. The predicted molar refractivity (Wildman–Crippen MR) is 75.6 cm³/mol. The summed E-state index contributed by atoms with van der Waals surface area (Å²) in [4.78, 5) is 18.5. The van der Waals surface area contributed by atoms with E-state index in [-0.39, 0.29) is 5.91 Å². The second kappa shape index (κ2) is 4.69. The number of likely N-dealkylation sites (N-methyl/N-ethyl adjacent to an activating group) is 1. The van der Waals surface area contributed by atoms with Gasteiger partial charge in [0, 0.05) is 12.6 Å². The molecule has 0 atom stereocenters. The van der Waals surface area contributed by atoms with E-state index in [2.05, 4.69) is 4.99 Å². The molecule has 1 heterocycles. The van der Waals surface area contributed by atoms with Gasteiger partial charge in [-0.3, -0.25) is 9.69 Å². The average molecular weight is 250 g/mol. The standard InChI is InChI=1S/C16H14N2O/c1-18-15(19)11-13-9-5-6-10-14(13)17-16(18)12-7-3-2-4-8-12/h2-10H,11H2,1H3. The molecule has 1 amide bonds. The van der Waals surface area contributed by atoms with E-state index >= 15 is 0 Å². The number of rotatable bonds is 1. The van der Waals surface area contributed by atoms with Crippen molar-refractivity contribution in [2.24, 2.45) is 4.99 Å². The molecule has 0 bridgehead atoms. The van der Waals surface area contributed by atoms with E-state index in [0.29, 0.717) is 12.3 Å². The lowest BCUT2D eigenvalue weighted by molar-refractivity contribution is -0.125. The Bertz CT molecular complexity index is 647. The molecule has 0 saturated carbocycles. The molecule has 3 nitrogen and oxygen atoms in total. The minimum Gasteiger partial charge on any atom is -0.299 e. The summed E-state index contributed by atoms with van der Waals surface area (Å²) in [5.41, 5.74) is 2.80. The molecule has 1 aliphatic heterocycles. The molecule has 3 rings (SSSR count). The molecule has 0 fully saturated rings. The maximum absolute atomic E-state index is 12.2. The van der Waals surface area contributed by atoms with Gasteiger partial charge in [-0.2, -0.15) is 0 Å². The molecule has 0 spiro atoms. The first kappa shape index (κ1) is 11.7. The highest BCUT2D eigenvalue weighted by Gasteiger charge is 2.21. The Balaban J connectivity index is 2.16. The maximum atomic E-state index is 12.2. The number of carbonyl (C=O) groups excluding carboxylic acids is 1. The van der Waals surface area contributed by atoms with E-state index in [9.17, 15) is 4.79 Å². The van der Waals surface area contributed by atoms with Crippen molar-refractivity contribution < 1.29 is 4.79 Å². The molecule has 2 aromatic rings. The van der Waals surface area contributed by atoms with Crippen LogP contribution in [0.25, 0.3) is 0 Å². The third-order valence-electron chi connectivity index (χ3n) is 3.28. The lowest BCUT2D eigenvalue weighted by atomic mass is 10.1. The maximum Gasteiger partial charge on any atom is 0.232 e. The molecule has 0 N–H and O–H groups in total. The molecular formula is C16H14N2O. The van der Waals surface area contributed by atoms with Crippen molar-refractivity contribution >= 4 is 17.4 Å². The number of amides is 1. The molecule has 0 aromatic heterocycles. The van der Waals surface area contributed by atoms with Crippen LogP contribution in [0.3, 0.4) is 0 Å². The van der Waals surface area contributed by atoms with Gasteiger partial charge in [-0.15, -0.1) is 0 Å². The van der Waals surface area contributed by atoms with Crippen molar-refractivity contribution in [1.82, 2.24) is 4.90 Å². The quantitative estimate of drug-likeness (QED) is 0.766. The van der Waals surface area contributed by atoms with Crippen LogP contribution in [0.4, 0.5) is 5.69 Å². The first-order valence-electron chi connectivity index (χ1n) is 6.24. The summed E-state index contributed by atoms with van der Waals surface area (Å²) in [6.07, 6.45) is 0.395. The molecule has 19 heavy (non-hydrogen) atoms. The van der Waals surface area contributed by atoms with Gasteiger partial charge in [0.15, 0.2) is 0 Å². The molecule has 3 heteroatoms. The Hall–Kier alpha value is -2.42. The number of aliphatic imine (C=N–C) groups is 1. The van der Waals surface area contributed by atoms with Crippen LogP contribution in [0.1, 0.15) is 11.1 Å². The van der Waals surface area contributed by atoms with Gasteiger partial charge in [-0.25, -0.2) is 4.99 Å². The van der Waals surface area contributed by atoms with Crippen LogP contribution >= 0.6 is 0 Å². The fourth-order valence-corrected chi connectivity index (χ4v) is 2.20. The molecule has 0 radical (unpaired) electrons. The Morgan fingerprint density at radius 1 is 1.00 bits per heavy atom. The number of nitrogens with zero attached hydrogens (tertiary/aromatic N) is 2. The van der Waals surface area contributed by atoms with Gasteiger partial charge in [0.05, 0.1) is 12.1 Å². The van der Waals surface area contributed by atoms with Crippen molar-refractivity contribution in [2.75, 3.05) is 7.05 Å². The monoisotopic (exact) mass is 250 g/mol. The average Bonchev–Trinajstić information content (AvgIpc) is 2.58. The SMILES string of the molecule is CN1C(=O)Cc2ccccc2N=C1c1ccccc1. The lowest BCUT2D eigenvalue weighted by Gasteiger charge is -2.17. The molecule has 0 aliphatic carbocycles.